The molecular formula is C18H30O. The lowest BCUT2D eigenvalue weighted by Gasteiger charge is -2.24. The Hall–Kier alpha value is -0.820. The third kappa shape index (κ3) is 6.24. The highest BCUT2D eigenvalue weighted by Gasteiger charge is 2.21. The fourth-order valence-corrected chi connectivity index (χ4v) is 2.48. The molecule has 1 aromatic rings. The van der Waals surface area contributed by atoms with Gasteiger partial charge >= 0.3 is 0 Å². The first-order valence-electron chi connectivity index (χ1n) is 7.86. The van der Waals surface area contributed by atoms with Crippen LogP contribution >= 0.6 is 0 Å². The van der Waals surface area contributed by atoms with E-state index in [0.717, 1.165) is 18.4 Å². The maximum atomic E-state index is 10.5. The second kappa shape index (κ2) is 8.37. The zero-order chi connectivity index (χ0) is 14.1. The third-order valence-corrected chi connectivity index (χ3v) is 3.94. The highest BCUT2D eigenvalue weighted by atomic mass is 16.3. The monoisotopic (exact) mass is 262 g/mol. The van der Waals surface area contributed by atoms with Crippen LogP contribution in [0.3, 0.4) is 0 Å². The maximum absolute atomic E-state index is 10.5. The van der Waals surface area contributed by atoms with Gasteiger partial charge in [-0.05, 0) is 25.8 Å². The van der Waals surface area contributed by atoms with Gasteiger partial charge in [0.1, 0.15) is 0 Å². The Morgan fingerprint density at radius 1 is 0.895 bits per heavy atom. The number of hydrogen-bond donors (Lipinski definition) is 1. The number of aryl methyl sites for hydroxylation is 1. The molecule has 0 aliphatic rings. The van der Waals surface area contributed by atoms with Crippen molar-refractivity contribution in [2.75, 3.05) is 0 Å². The van der Waals surface area contributed by atoms with E-state index in [-0.39, 0.29) is 0 Å². The number of benzene rings is 1. The molecule has 0 saturated heterocycles. The van der Waals surface area contributed by atoms with Crippen molar-refractivity contribution in [2.24, 2.45) is 0 Å². The van der Waals surface area contributed by atoms with Crippen LogP contribution in [0.1, 0.15) is 76.3 Å². The largest absolute Gasteiger partial charge is 0.385 e. The molecule has 19 heavy (non-hydrogen) atoms. The summed E-state index contributed by atoms with van der Waals surface area (Å²) in [5.74, 6) is 0. The number of rotatable bonds is 9. The summed E-state index contributed by atoms with van der Waals surface area (Å²) >= 11 is 0. The van der Waals surface area contributed by atoms with Gasteiger partial charge in [-0.1, -0.05) is 81.7 Å². The van der Waals surface area contributed by atoms with Crippen molar-refractivity contribution < 1.29 is 5.11 Å². The minimum Gasteiger partial charge on any atom is -0.385 e. The molecule has 0 amide bonds. The zero-order valence-corrected chi connectivity index (χ0v) is 12.9. The highest BCUT2D eigenvalue weighted by Crippen LogP contribution is 2.27. The van der Waals surface area contributed by atoms with Gasteiger partial charge in [-0.2, -0.15) is 0 Å². The Morgan fingerprint density at radius 2 is 1.42 bits per heavy atom. The molecule has 0 aliphatic heterocycles. The van der Waals surface area contributed by atoms with E-state index in [1.165, 1.54) is 44.1 Å². The molecule has 1 aromatic carbocycles. The molecule has 0 radical (unpaired) electrons. The zero-order valence-electron chi connectivity index (χ0n) is 12.9. The van der Waals surface area contributed by atoms with Crippen LogP contribution < -0.4 is 0 Å². The Morgan fingerprint density at radius 3 is 2.00 bits per heavy atom. The number of unbranched alkanes of at least 4 members (excludes halogenated alkanes) is 6. The smallest absolute Gasteiger partial charge is 0.0868 e. The van der Waals surface area contributed by atoms with Crippen LogP contribution in [-0.2, 0) is 5.60 Å². The van der Waals surface area contributed by atoms with Crippen molar-refractivity contribution in [3.8, 4) is 0 Å². The molecule has 1 N–H and O–H groups in total. The van der Waals surface area contributed by atoms with Gasteiger partial charge in [-0.15, -0.1) is 0 Å². The summed E-state index contributed by atoms with van der Waals surface area (Å²) in [6, 6.07) is 8.26. The predicted octanol–water partition coefficient (Wildman–Crippen LogP) is 5.34. The van der Waals surface area contributed by atoms with Gasteiger partial charge in [0.15, 0.2) is 0 Å². The molecule has 0 aromatic heterocycles. The van der Waals surface area contributed by atoms with Crippen molar-refractivity contribution in [3.63, 3.8) is 0 Å². The van der Waals surface area contributed by atoms with E-state index in [1.54, 1.807) is 0 Å². The predicted molar refractivity (Wildman–Crippen MR) is 83.4 cm³/mol. The van der Waals surface area contributed by atoms with E-state index >= 15 is 0 Å². The van der Waals surface area contributed by atoms with E-state index in [9.17, 15) is 5.11 Å². The molecule has 1 unspecified atom stereocenters. The van der Waals surface area contributed by atoms with Crippen molar-refractivity contribution in [1.29, 1.82) is 0 Å². The number of aliphatic hydroxyl groups is 1. The van der Waals surface area contributed by atoms with Gasteiger partial charge in [-0.25, -0.2) is 0 Å². The summed E-state index contributed by atoms with van der Waals surface area (Å²) in [6.45, 7) is 6.27. The van der Waals surface area contributed by atoms with E-state index in [4.69, 9.17) is 0 Å². The van der Waals surface area contributed by atoms with Gasteiger partial charge in [0.05, 0.1) is 5.60 Å². The lowest BCUT2D eigenvalue weighted by atomic mass is 9.89. The molecule has 0 saturated carbocycles. The first-order valence-corrected chi connectivity index (χ1v) is 7.86. The Labute approximate surface area is 119 Å². The fraction of sp³-hybridized carbons (Fsp3) is 0.667. The average Bonchev–Trinajstić information content (AvgIpc) is 2.38. The quantitative estimate of drug-likeness (QED) is 0.595. The van der Waals surface area contributed by atoms with E-state index < -0.39 is 5.60 Å². The second-order valence-electron chi connectivity index (χ2n) is 6.01. The molecule has 1 rings (SSSR count). The van der Waals surface area contributed by atoms with Crippen molar-refractivity contribution >= 4 is 0 Å². The average molecular weight is 262 g/mol. The molecular weight excluding hydrogens is 232 g/mol. The molecule has 1 heteroatoms. The lowest BCUT2D eigenvalue weighted by Crippen LogP contribution is -2.20. The standard InChI is InChI=1S/C18H30O/c1-4-5-6-7-8-9-10-15-18(3,19)17-13-11-16(2)12-14-17/h11-14,19H,4-10,15H2,1-3H3. The summed E-state index contributed by atoms with van der Waals surface area (Å²) in [5.41, 5.74) is 1.62. The van der Waals surface area contributed by atoms with Gasteiger partial charge in [-0.3, -0.25) is 0 Å². The van der Waals surface area contributed by atoms with Crippen molar-refractivity contribution in [1.82, 2.24) is 0 Å². The Bertz CT molecular complexity index is 337. The molecule has 0 spiro atoms. The van der Waals surface area contributed by atoms with E-state index in [1.807, 2.05) is 6.92 Å². The summed E-state index contributed by atoms with van der Waals surface area (Å²) < 4.78 is 0. The molecule has 1 nitrogen and oxygen atoms in total. The van der Waals surface area contributed by atoms with E-state index in [0.29, 0.717) is 0 Å². The number of hydrogen-bond acceptors (Lipinski definition) is 1. The normalized spacial score (nSPS) is 14.3. The van der Waals surface area contributed by atoms with Gasteiger partial charge in [0.25, 0.3) is 0 Å². The van der Waals surface area contributed by atoms with Crippen molar-refractivity contribution in [2.45, 2.75) is 77.7 Å². The van der Waals surface area contributed by atoms with Crippen LogP contribution in [0.15, 0.2) is 24.3 Å². The second-order valence-corrected chi connectivity index (χ2v) is 6.01. The van der Waals surface area contributed by atoms with Crippen LogP contribution in [0.4, 0.5) is 0 Å². The van der Waals surface area contributed by atoms with E-state index in [2.05, 4.69) is 38.1 Å². The van der Waals surface area contributed by atoms with Crippen LogP contribution in [0.5, 0.6) is 0 Å². The maximum Gasteiger partial charge on any atom is 0.0868 e. The molecule has 0 fully saturated rings. The fourth-order valence-electron chi connectivity index (χ4n) is 2.48. The topological polar surface area (TPSA) is 20.2 Å². The molecule has 0 aliphatic carbocycles. The van der Waals surface area contributed by atoms with Crippen LogP contribution in [0, 0.1) is 6.92 Å². The van der Waals surface area contributed by atoms with Gasteiger partial charge < -0.3 is 5.11 Å². The first kappa shape index (κ1) is 16.2. The molecule has 108 valence electrons. The molecule has 0 heterocycles. The van der Waals surface area contributed by atoms with Crippen LogP contribution in [0.25, 0.3) is 0 Å². The van der Waals surface area contributed by atoms with Gasteiger partial charge in [0.2, 0.25) is 0 Å². The minimum absolute atomic E-state index is 0.670. The Kier molecular flexibility index (Phi) is 7.15. The first-order chi connectivity index (χ1) is 9.06. The summed E-state index contributed by atoms with van der Waals surface area (Å²) in [6.07, 6.45) is 9.92. The lowest BCUT2D eigenvalue weighted by molar-refractivity contribution is 0.0448. The summed E-state index contributed by atoms with van der Waals surface area (Å²) in [5, 5.41) is 10.5. The third-order valence-electron chi connectivity index (χ3n) is 3.94. The van der Waals surface area contributed by atoms with Gasteiger partial charge in [0, 0.05) is 0 Å². The summed E-state index contributed by atoms with van der Waals surface area (Å²) in [4.78, 5) is 0. The van der Waals surface area contributed by atoms with Crippen LogP contribution in [-0.4, -0.2) is 5.11 Å². The molecule has 1 atom stereocenters. The summed E-state index contributed by atoms with van der Waals surface area (Å²) in [7, 11) is 0. The van der Waals surface area contributed by atoms with Crippen LogP contribution in [0.2, 0.25) is 0 Å². The minimum atomic E-state index is -0.670. The highest BCUT2D eigenvalue weighted by molar-refractivity contribution is 5.25. The SMILES string of the molecule is CCCCCCCCCC(C)(O)c1ccc(C)cc1. The Balaban J connectivity index is 2.25. The molecule has 0 bridgehead atoms. The van der Waals surface area contributed by atoms with Crippen molar-refractivity contribution in [3.05, 3.63) is 35.4 Å².